The van der Waals surface area contributed by atoms with Crippen LogP contribution in [-0.2, 0) is 4.79 Å². The van der Waals surface area contributed by atoms with Crippen LogP contribution in [0.5, 0.6) is 0 Å². The number of carbonyl (C=O) groups is 2. The van der Waals surface area contributed by atoms with Crippen LogP contribution in [0, 0.1) is 19.3 Å². The summed E-state index contributed by atoms with van der Waals surface area (Å²) in [5.74, 6) is -0.849. The zero-order valence-corrected chi connectivity index (χ0v) is 13.6. The number of rotatable bonds is 4. The third-order valence-corrected chi connectivity index (χ3v) is 5.20. The van der Waals surface area contributed by atoms with E-state index in [-0.39, 0.29) is 5.91 Å². The molecule has 6 heteroatoms. The van der Waals surface area contributed by atoms with E-state index < -0.39 is 11.4 Å². The van der Waals surface area contributed by atoms with Gasteiger partial charge in [-0.05, 0) is 33.1 Å². The molecule has 0 aromatic carbocycles. The van der Waals surface area contributed by atoms with Crippen molar-refractivity contribution in [1.82, 2.24) is 9.88 Å². The van der Waals surface area contributed by atoms with Crippen LogP contribution in [0.3, 0.4) is 0 Å². The number of carbonyl (C=O) groups excluding carboxylic acids is 1. The summed E-state index contributed by atoms with van der Waals surface area (Å²) in [4.78, 5) is 31.0. The van der Waals surface area contributed by atoms with Crippen molar-refractivity contribution in [3.8, 4) is 0 Å². The summed E-state index contributed by atoms with van der Waals surface area (Å²) in [5.41, 5.74) is -0.0412. The minimum Gasteiger partial charge on any atom is -0.481 e. The van der Waals surface area contributed by atoms with Crippen molar-refractivity contribution in [3.05, 3.63) is 15.6 Å². The Balaban J connectivity index is 2.22. The van der Waals surface area contributed by atoms with Crippen LogP contribution in [0.25, 0.3) is 0 Å². The lowest BCUT2D eigenvalue weighted by Crippen LogP contribution is -2.49. The Bertz CT molecular complexity index is 551. The fraction of sp³-hybridized carbons (Fsp3) is 0.667. The molecule has 1 aliphatic rings. The van der Waals surface area contributed by atoms with Gasteiger partial charge < -0.3 is 10.0 Å². The molecule has 1 saturated heterocycles. The number of aromatic nitrogens is 1. The summed E-state index contributed by atoms with van der Waals surface area (Å²) in [5, 5.41) is 10.5. The van der Waals surface area contributed by atoms with E-state index in [2.05, 4.69) is 4.98 Å². The van der Waals surface area contributed by atoms with Crippen LogP contribution in [0.1, 0.15) is 53.0 Å². The van der Waals surface area contributed by atoms with Crippen molar-refractivity contribution < 1.29 is 14.7 Å². The average molecular weight is 310 g/mol. The number of hydrogen-bond acceptors (Lipinski definition) is 4. The van der Waals surface area contributed by atoms with E-state index >= 15 is 0 Å². The number of carboxylic acid groups (broad SMARTS) is 1. The highest BCUT2D eigenvalue weighted by atomic mass is 32.1. The Morgan fingerprint density at radius 3 is 2.67 bits per heavy atom. The highest BCUT2D eigenvalue weighted by molar-refractivity contribution is 7.13. The maximum atomic E-state index is 12.7. The molecule has 1 fully saturated rings. The van der Waals surface area contributed by atoms with E-state index in [9.17, 15) is 14.7 Å². The van der Waals surface area contributed by atoms with Crippen molar-refractivity contribution in [2.24, 2.45) is 5.41 Å². The van der Waals surface area contributed by atoms with Crippen molar-refractivity contribution >= 4 is 23.2 Å². The minimum absolute atomic E-state index is 0.0699. The predicted octanol–water partition coefficient (Wildman–Crippen LogP) is 2.87. The third-order valence-electron chi connectivity index (χ3n) is 4.14. The van der Waals surface area contributed by atoms with E-state index in [0.29, 0.717) is 30.8 Å². The summed E-state index contributed by atoms with van der Waals surface area (Å²) in [7, 11) is 0. The van der Waals surface area contributed by atoms with Crippen LogP contribution < -0.4 is 0 Å². The molecule has 1 aliphatic heterocycles. The maximum absolute atomic E-state index is 12.7. The minimum atomic E-state index is -0.781. The number of amides is 1. The molecule has 1 aromatic heterocycles. The number of hydrogen-bond donors (Lipinski definition) is 1. The topological polar surface area (TPSA) is 70.5 Å². The van der Waals surface area contributed by atoms with Gasteiger partial charge in [0, 0.05) is 13.1 Å². The second-order valence-corrected chi connectivity index (χ2v) is 7.02. The molecule has 2 heterocycles. The molecule has 0 aliphatic carbocycles. The molecule has 0 spiro atoms. The lowest BCUT2D eigenvalue weighted by molar-refractivity contribution is -0.152. The number of piperidine rings is 1. The molecule has 2 rings (SSSR count). The van der Waals surface area contributed by atoms with Crippen LogP contribution in [-0.4, -0.2) is 40.0 Å². The molecule has 1 amide bonds. The second-order valence-electron chi connectivity index (χ2n) is 5.81. The third kappa shape index (κ3) is 3.10. The van der Waals surface area contributed by atoms with Crippen molar-refractivity contribution in [1.29, 1.82) is 0 Å². The van der Waals surface area contributed by atoms with Gasteiger partial charge in [-0.3, -0.25) is 9.59 Å². The molecule has 1 atom stereocenters. The van der Waals surface area contributed by atoms with Gasteiger partial charge in [0.15, 0.2) is 0 Å². The Labute approximate surface area is 129 Å². The molecule has 5 nitrogen and oxygen atoms in total. The fourth-order valence-electron chi connectivity index (χ4n) is 3.14. The average Bonchev–Trinajstić information content (AvgIpc) is 2.77. The first kappa shape index (κ1) is 15.9. The van der Waals surface area contributed by atoms with Gasteiger partial charge in [0.1, 0.15) is 4.88 Å². The molecule has 1 aromatic rings. The molecule has 116 valence electrons. The first-order valence-electron chi connectivity index (χ1n) is 7.36. The highest BCUT2D eigenvalue weighted by Crippen LogP contribution is 2.36. The van der Waals surface area contributed by atoms with Gasteiger partial charge in [0.25, 0.3) is 5.91 Å². The Morgan fingerprint density at radius 1 is 1.43 bits per heavy atom. The zero-order chi connectivity index (χ0) is 15.6. The largest absolute Gasteiger partial charge is 0.481 e. The molecule has 1 N–H and O–H groups in total. The van der Waals surface area contributed by atoms with Gasteiger partial charge in [0.05, 0.1) is 16.1 Å². The van der Waals surface area contributed by atoms with Crippen LogP contribution in [0.4, 0.5) is 0 Å². The lowest BCUT2D eigenvalue weighted by atomic mass is 9.76. The fourth-order valence-corrected chi connectivity index (χ4v) is 4.03. The van der Waals surface area contributed by atoms with Crippen molar-refractivity contribution in [2.45, 2.75) is 46.5 Å². The number of aliphatic carboxylic acids is 1. The van der Waals surface area contributed by atoms with Gasteiger partial charge in [-0.15, -0.1) is 11.3 Å². The smallest absolute Gasteiger partial charge is 0.311 e. The Kier molecular flexibility index (Phi) is 4.66. The van der Waals surface area contributed by atoms with Crippen LogP contribution >= 0.6 is 11.3 Å². The van der Waals surface area contributed by atoms with E-state index in [0.717, 1.165) is 23.5 Å². The van der Waals surface area contributed by atoms with Crippen molar-refractivity contribution in [3.63, 3.8) is 0 Å². The number of likely N-dealkylation sites (tertiary alicyclic amines) is 1. The molecule has 0 radical (unpaired) electrons. The van der Waals surface area contributed by atoms with Crippen LogP contribution in [0.15, 0.2) is 0 Å². The Morgan fingerprint density at radius 2 is 2.14 bits per heavy atom. The Hall–Kier alpha value is -1.43. The molecular formula is C15H22N2O3S. The zero-order valence-electron chi connectivity index (χ0n) is 12.8. The number of carboxylic acids is 1. The van der Waals surface area contributed by atoms with E-state index in [1.165, 1.54) is 11.3 Å². The first-order chi connectivity index (χ1) is 9.89. The number of thiazole rings is 1. The lowest BCUT2D eigenvalue weighted by Gasteiger charge is -2.39. The van der Waals surface area contributed by atoms with Crippen LogP contribution in [0.2, 0.25) is 0 Å². The number of aryl methyl sites for hydroxylation is 2. The highest BCUT2D eigenvalue weighted by Gasteiger charge is 2.43. The summed E-state index contributed by atoms with van der Waals surface area (Å²) < 4.78 is 0. The normalized spacial score (nSPS) is 22.3. The summed E-state index contributed by atoms with van der Waals surface area (Å²) in [6.07, 6.45) is 2.83. The van der Waals surface area contributed by atoms with E-state index in [4.69, 9.17) is 0 Å². The van der Waals surface area contributed by atoms with Gasteiger partial charge >= 0.3 is 5.97 Å². The first-order valence-corrected chi connectivity index (χ1v) is 8.18. The molecule has 21 heavy (non-hydrogen) atoms. The SMILES string of the molecule is CCCC1(C(=O)O)CCCN(C(=O)c2sc(C)nc2C)C1. The van der Waals surface area contributed by atoms with Gasteiger partial charge in [-0.25, -0.2) is 4.98 Å². The van der Waals surface area contributed by atoms with Gasteiger partial charge in [0.2, 0.25) is 0 Å². The van der Waals surface area contributed by atoms with Gasteiger partial charge in [-0.2, -0.15) is 0 Å². The summed E-state index contributed by atoms with van der Waals surface area (Å²) in [6.45, 7) is 6.64. The maximum Gasteiger partial charge on any atom is 0.311 e. The predicted molar refractivity (Wildman–Crippen MR) is 81.7 cm³/mol. The molecule has 0 saturated carbocycles. The second kappa shape index (κ2) is 6.13. The standard InChI is InChI=1S/C15H22N2O3S/c1-4-6-15(14(19)20)7-5-8-17(9-15)13(18)12-10(2)16-11(3)21-12/h4-9H2,1-3H3,(H,19,20). The quantitative estimate of drug-likeness (QED) is 0.928. The molecule has 1 unspecified atom stereocenters. The molecular weight excluding hydrogens is 288 g/mol. The van der Waals surface area contributed by atoms with E-state index in [1.807, 2.05) is 20.8 Å². The molecule has 0 bridgehead atoms. The monoisotopic (exact) mass is 310 g/mol. The van der Waals surface area contributed by atoms with Crippen molar-refractivity contribution in [2.75, 3.05) is 13.1 Å². The van der Waals surface area contributed by atoms with Gasteiger partial charge in [-0.1, -0.05) is 13.3 Å². The summed E-state index contributed by atoms with van der Waals surface area (Å²) >= 11 is 1.39. The number of nitrogens with zero attached hydrogens (tertiary/aromatic N) is 2. The summed E-state index contributed by atoms with van der Waals surface area (Å²) in [6, 6.07) is 0. The van der Waals surface area contributed by atoms with E-state index in [1.54, 1.807) is 4.90 Å².